The highest BCUT2D eigenvalue weighted by Gasteiger charge is 2.42. The van der Waals surface area contributed by atoms with Crippen LogP contribution in [0.25, 0.3) is 11.1 Å². The van der Waals surface area contributed by atoms with Gasteiger partial charge in [0.05, 0.1) is 18.6 Å². The number of halogens is 1. The van der Waals surface area contributed by atoms with Gasteiger partial charge in [0.15, 0.2) is 11.2 Å². The SMILES string of the molecule is CCN1CCN(c2ccc(-c3cc(F)c4c(c3)C(=O)N(C(C(=O)Nc3nccs3)c3ncn5c3CCC5)C4)cc2)CC1. The highest BCUT2D eigenvalue weighted by molar-refractivity contribution is 7.13. The van der Waals surface area contributed by atoms with Crippen molar-refractivity contribution in [3.05, 3.63) is 82.6 Å². The van der Waals surface area contributed by atoms with Gasteiger partial charge < -0.3 is 19.3 Å². The molecule has 3 aliphatic rings. The number of fused-ring (bicyclic) bond motifs is 2. The molecule has 1 saturated heterocycles. The Morgan fingerprint density at radius 3 is 2.62 bits per heavy atom. The minimum atomic E-state index is -1.00. The molecule has 4 aromatic rings. The van der Waals surface area contributed by atoms with Gasteiger partial charge in [-0.05, 0) is 54.8 Å². The Bertz CT molecular complexity index is 1630. The minimum absolute atomic E-state index is 0.00872. The molecule has 1 N–H and O–H groups in total. The van der Waals surface area contributed by atoms with Crippen LogP contribution in [0.1, 0.15) is 46.7 Å². The number of thiazole rings is 1. The summed E-state index contributed by atoms with van der Waals surface area (Å²) in [5.41, 5.74) is 4.68. The number of imidazole rings is 1. The van der Waals surface area contributed by atoms with Crippen molar-refractivity contribution in [3.8, 4) is 11.1 Å². The number of hydrogen-bond acceptors (Lipinski definition) is 7. The van der Waals surface area contributed by atoms with Crippen molar-refractivity contribution >= 4 is 34.0 Å². The van der Waals surface area contributed by atoms with Crippen LogP contribution in [-0.4, -0.2) is 68.9 Å². The summed E-state index contributed by atoms with van der Waals surface area (Å²) in [6.07, 6.45) is 5.05. The molecule has 0 saturated carbocycles. The number of carbonyl (C=O) groups excluding carboxylic acids is 2. The van der Waals surface area contributed by atoms with Gasteiger partial charge in [0, 0.05) is 66.8 Å². The zero-order valence-corrected chi connectivity index (χ0v) is 24.2. The van der Waals surface area contributed by atoms with Crippen molar-refractivity contribution in [2.24, 2.45) is 0 Å². The normalized spacial score (nSPS) is 17.4. The number of nitrogens with zero attached hydrogens (tertiary/aromatic N) is 6. The van der Waals surface area contributed by atoms with Gasteiger partial charge in [-0.1, -0.05) is 19.1 Å². The Morgan fingerprint density at radius 1 is 1.07 bits per heavy atom. The number of aromatic nitrogens is 3. The topological polar surface area (TPSA) is 86.6 Å². The van der Waals surface area contributed by atoms with Crippen LogP contribution in [0, 0.1) is 5.82 Å². The number of rotatable bonds is 7. The van der Waals surface area contributed by atoms with Gasteiger partial charge in [-0.15, -0.1) is 11.3 Å². The molecule has 3 aliphatic heterocycles. The molecule has 42 heavy (non-hydrogen) atoms. The van der Waals surface area contributed by atoms with Crippen molar-refractivity contribution in [1.82, 2.24) is 24.3 Å². The molecule has 0 spiro atoms. The lowest BCUT2D eigenvalue weighted by Crippen LogP contribution is -2.46. The lowest BCUT2D eigenvalue weighted by atomic mass is 9.99. The third-order valence-electron chi connectivity index (χ3n) is 8.67. The first-order chi connectivity index (χ1) is 20.5. The predicted octanol–water partition coefficient (Wildman–Crippen LogP) is 4.57. The molecule has 0 radical (unpaired) electrons. The second kappa shape index (κ2) is 11.0. The molecule has 2 aromatic carbocycles. The molecular weight excluding hydrogens is 553 g/mol. The van der Waals surface area contributed by atoms with E-state index in [9.17, 15) is 9.59 Å². The van der Waals surface area contributed by atoms with Gasteiger partial charge in [0.2, 0.25) is 0 Å². The second-order valence-corrected chi connectivity index (χ2v) is 11.9. The van der Waals surface area contributed by atoms with E-state index in [2.05, 4.69) is 44.1 Å². The van der Waals surface area contributed by atoms with Crippen LogP contribution in [0.15, 0.2) is 54.3 Å². The summed E-state index contributed by atoms with van der Waals surface area (Å²) in [5.74, 6) is -1.24. The maximum Gasteiger partial charge on any atom is 0.255 e. The summed E-state index contributed by atoms with van der Waals surface area (Å²) in [7, 11) is 0. The number of amides is 2. The van der Waals surface area contributed by atoms with E-state index in [0.717, 1.165) is 69.1 Å². The largest absolute Gasteiger partial charge is 0.369 e. The minimum Gasteiger partial charge on any atom is -0.369 e. The number of anilines is 2. The summed E-state index contributed by atoms with van der Waals surface area (Å²) in [6.45, 7) is 8.09. The molecule has 1 atom stereocenters. The molecule has 2 aromatic heterocycles. The fourth-order valence-electron chi connectivity index (χ4n) is 6.35. The Balaban J connectivity index is 1.17. The molecule has 7 rings (SSSR count). The fourth-order valence-corrected chi connectivity index (χ4v) is 6.88. The van der Waals surface area contributed by atoms with Crippen molar-refractivity contribution < 1.29 is 14.0 Å². The molecule has 1 fully saturated rings. The number of piperazine rings is 1. The van der Waals surface area contributed by atoms with E-state index in [0.29, 0.717) is 22.0 Å². The summed E-state index contributed by atoms with van der Waals surface area (Å²) in [5, 5.41) is 5.05. The Kier molecular flexibility index (Phi) is 6.99. The number of aryl methyl sites for hydroxylation is 1. The van der Waals surface area contributed by atoms with Crippen LogP contribution >= 0.6 is 11.3 Å². The van der Waals surface area contributed by atoms with Crippen LogP contribution in [0.4, 0.5) is 15.2 Å². The van der Waals surface area contributed by atoms with Crippen molar-refractivity contribution in [2.75, 3.05) is 42.9 Å². The molecule has 9 nitrogen and oxygen atoms in total. The molecule has 2 amide bonds. The first kappa shape index (κ1) is 26.8. The Labute approximate surface area is 247 Å². The van der Waals surface area contributed by atoms with E-state index in [1.54, 1.807) is 24.0 Å². The molecule has 5 heterocycles. The van der Waals surface area contributed by atoms with E-state index in [1.807, 2.05) is 16.7 Å². The lowest BCUT2D eigenvalue weighted by molar-refractivity contribution is -0.121. The first-order valence-corrected chi connectivity index (χ1v) is 15.3. The highest BCUT2D eigenvalue weighted by atomic mass is 32.1. The van der Waals surface area contributed by atoms with Crippen LogP contribution in [-0.2, 0) is 24.3 Å². The van der Waals surface area contributed by atoms with Crippen LogP contribution in [0.2, 0.25) is 0 Å². The van der Waals surface area contributed by atoms with Crippen LogP contribution in [0.5, 0.6) is 0 Å². The molecule has 0 aliphatic carbocycles. The van der Waals surface area contributed by atoms with Crippen LogP contribution in [0.3, 0.4) is 0 Å². The molecule has 0 bridgehead atoms. The molecule has 1 unspecified atom stereocenters. The summed E-state index contributed by atoms with van der Waals surface area (Å²) >= 11 is 1.30. The third-order valence-corrected chi connectivity index (χ3v) is 9.36. The zero-order valence-electron chi connectivity index (χ0n) is 23.4. The molecule has 216 valence electrons. The average Bonchev–Trinajstić information content (AvgIpc) is 3.82. The maximum absolute atomic E-state index is 15.6. The van der Waals surface area contributed by atoms with Crippen molar-refractivity contribution in [1.29, 1.82) is 0 Å². The summed E-state index contributed by atoms with van der Waals surface area (Å²) in [4.78, 5) is 42.6. The quantitative estimate of drug-likeness (QED) is 0.342. The van der Waals surface area contributed by atoms with Gasteiger partial charge in [0.1, 0.15) is 5.82 Å². The first-order valence-electron chi connectivity index (χ1n) is 14.5. The predicted molar refractivity (Wildman–Crippen MR) is 160 cm³/mol. The number of nitrogens with one attached hydrogen (secondary N) is 1. The van der Waals surface area contributed by atoms with E-state index in [1.165, 1.54) is 22.3 Å². The summed E-state index contributed by atoms with van der Waals surface area (Å²) < 4.78 is 17.7. The Morgan fingerprint density at radius 2 is 1.88 bits per heavy atom. The summed E-state index contributed by atoms with van der Waals surface area (Å²) in [6, 6.07) is 10.3. The molecular formula is C31H32FN7O2S. The van der Waals surface area contributed by atoms with Gasteiger partial charge in [-0.2, -0.15) is 0 Å². The zero-order chi connectivity index (χ0) is 28.8. The van der Waals surface area contributed by atoms with E-state index in [4.69, 9.17) is 0 Å². The van der Waals surface area contributed by atoms with E-state index < -0.39 is 17.8 Å². The monoisotopic (exact) mass is 585 g/mol. The second-order valence-electron chi connectivity index (χ2n) is 11.0. The van der Waals surface area contributed by atoms with Crippen molar-refractivity contribution in [2.45, 2.75) is 38.9 Å². The average molecular weight is 586 g/mol. The highest BCUT2D eigenvalue weighted by Crippen LogP contribution is 2.38. The standard InChI is InChI=1S/C31H32FN7O2S/c1-2-36-11-13-37(14-12-36)22-7-5-20(6-8-22)21-16-23-24(25(32)17-21)18-39(30(23)41)28(29(40)35-31-33-9-15-42-31)27-26-4-3-10-38(26)19-34-27/h5-9,15-17,19,28H,2-4,10-14,18H2,1H3,(H,33,35,40). The van der Waals surface area contributed by atoms with Gasteiger partial charge >= 0.3 is 0 Å². The van der Waals surface area contributed by atoms with E-state index >= 15 is 4.39 Å². The number of likely N-dealkylation sites (N-methyl/N-ethyl adjacent to an activating group) is 1. The lowest BCUT2D eigenvalue weighted by Gasteiger charge is -2.35. The van der Waals surface area contributed by atoms with Crippen LogP contribution < -0.4 is 10.2 Å². The fraction of sp³-hybridized carbons (Fsp3) is 0.355. The molecule has 11 heteroatoms. The van der Waals surface area contributed by atoms with Gasteiger partial charge in [-0.25, -0.2) is 14.4 Å². The van der Waals surface area contributed by atoms with Gasteiger partial charge in [-0.3, -0.25) is 14.9 Å². The number of hydrogen-bond donors (Lipinski definition) is 1. The van der Waals surface area contributed by atoms with Crippen molar-refractivity contribution in [3.63, 3.8) is 0 Å². The maximum atomic E-state index is 15.6. The van der Waals surface area contributed by atoms with Gasteiger partial charge in [0.25, 0.3) is 11.8 Å². The number of carbonyl (C=O) groups is 2. The van der Waals surface area contributed by atoms with E-state index in [-0.39, 0.29) is 18.0 Å². The third kappa shape index (κ3) is 4.76. The smallest absolute Gasteiger partial charge is 0.255 e. The number of benzene rings is 2. The Hall–Kier alpha value is -4.09.